The van der Waals surface area contributed by atoms with Gasteiger partial charge in [0.25, 0.3) is 0 Å². The summed E-state index contributed by atoms with van der Waals surface area (Å²) in [6, 6.07) is 11.6. The average molecular weight is 297 g/mol. The number of hydrogen-bond acceptors (Lipinski definition) is 2. The fourth-order valence-electron chi connectivity index (χ4n) is 3.55. The van der Waals surface area contributed by atoms with Gasteiger partial charge in [0, 0.05) is 25.0 Å². The van der Waals surface area contributed by atoms with Crippen LogP contribution in [0.4, 0.5) is 0 Å². The van der Waals surface area contributed by atoms with E-state index < -0.39 is 0 Å². The van der Waals surface area contributed by atoms with Crippen molar-refractivity contribution in [1.29, 1.82) is 0 Å². The summed E-state index contributed by atoms with van der Waals surface area (Å²) in [4.78, 5) is 0. The third kappa shape index (κ3) is 3.98. The molecule has 2 aromatic rings. The predicted octanol–water partition coefficient (Wildman–Crippen LogP) is 4.10. The molecule has 3 rings (SSSR count). The first-order valence-electron chi connectivity index (χ1n) is 8.60. The van der Waals surface area contributed by atoms with E-state index in [1.54, 1.807) is 0 Å². The molecule has 0 bridgehead atoms. The lowest BCUT2D eigenvalue weighted by molar-refractivity contribution is 0.361. The Bertz CT molecular complexity index is 539. The Morgan fingerprint density at radius 3 is 2.68 bits per heavy atom. The van der Waals surface area contributed by atoms with Crippen molar-refractivity contribution in [3.63, 3.8) is 0 Å². The predicted molar refractivity (Wildman–Crippen MR) is 90.7 cm³/mol. The normalized spacial score (nSPS) is 17.0. The largest absolute Gasteiger partial charge is 0.310 e. The maximum Gasteiger partial charge on any atom is 0.0489 e. The standard InChI is InChI=1S/C19H27N3/c1-16-8-10-18(11-9-16)19(17-6-2-3-7-17)20-12-4-14-22-15-5-13-21-22/h5,8-11,13,15,17,19-20H,2-4,6-7,12,14H2,1H3. The molecular weight excluding hydrogens is 270 g/mol. The molecule has 118 valence electrons. The van der Waals surface area contributed by atoms with Gasteiger partial charge in [-0.05, 0) is 50.3 Å². The van der Waals surface area contributed by atoms with Gasteiger partial charge in [-0.25, -0.2) is 0 Å². The van der Waals surface area contributed by atoms with Gasteiger partial charge in [-0.3, -0.25) is 4.68 Å². The van der Waals surface area contributed by atoms with E-state index >= 15 is 0 Å². The summed E-state index contributed by atoms with van der Waals surface area (Å²) in [6.07, 6.45) is 10.5. The van der Waals surface area contributed by atoms with Crippen LogP contribution >= 0.6 is 0 Å². The van der Waals surface area contributed by atoms with Crippen LogP contribution in [-0.2, 0) is 6.54 Å². The molecule has 22 heavy (non-hydrogen) atoms. The third-order valence-corrected chi connectivity index (χ3v) is 4.80. The lowest BCUT2D eigenvalue weighted by Crippen LogP contribution is -2.28. The number of hydrogen-bond donors (Lipinski definition) is 1. The van der Waals surface area contributed by atoms with E-state index in [1.165, 1.54) is 36.8 Å². The van der Waals surface area contributed by atoms with Crippen molar-refractivity contribution in [2.45, 2.75) is 51.6 Å². The average Bonchev–Trinajstić information content (AvgIpc) is 3.21. The highest BCUT2D eigenvalue weighted by atomic mass is 15.3. The van der Waals surface area contributed by atoms with Crippen LogP contribution in [0.15, 0.2) is 42.7 Å². The lowest BCUT2D eigenvalue weighted by Gasteiger charge is -2.25. The fourth-order valence-corrected chi connectivity index (χ4v) is 3.55. The number of benzene rings is 1. The first kappa shape index (κ1) is 15.3. The molecule has 1 aromatic heterocycles. The Morgan fingerprint density at radius 1 is 1.23 bits per heavy atom. The van der Waals surface area contributed by atoms with Crippen LogP contribution in [0.5, 0.6) is 0 Å². The summed E-state index contributed by atoms with van der Waals surface area (Å²) in [5.74, 6) is 0.799. The maximum atomic E-state index is 4.27. The van der Waals surface area contributed by atoms with E-state index in [1.807, 2.05) is 23.1 Å². The quantitative estimate of drug-likeness (QED) is 0.780. The molecule has 0 spiro atoms. The zero-order valence-corrected chi connectivity index (χ0v) is 13.5. The van der Waals surface area contributed by atoms with Crippen LogP contribution in [0, 0.1) is 12.8 Å². The van der Waals surface area contributed by atoms with E-state index in [-0.39, 0.29) is 0 Å². The molecule has 1 aliphatic rings. The second-order valence-corrected chi connectivity index (χ2v) is 6.51. The minimum Gasteiger partial charge on any atom is -0.310 e. The monoisotopic (exact) mass is 297 g/mol. The van der Waals surface area contributed by atoms with Gasteiger partial charge in [0.05, 0.1) is 0 Å². The van der Waals surface area contributed by atoms with Crippen LogP contribution in [0.2, 0.25) is 0 Å². The minimum absolute atomic E-state index is 0.515. The molecular formula is C19H27N3. The molecule has 1 aliphatic carbocycles. The van der Waals surface area contributed by atoms with E-state index in [4.69, 9.17) is 0 Å². The van der Waals surface area contributed by atoms with Gasteiger partial charge in [-0.1, -0.05) is 42.7 Å². The molecule has 3 heteroatoms. The van der Waals surface area contributed by atoms with E-state index in [9.17, 15) is 0 Å². The zero-order chi connectivity index (χ0) is 15.2. The van der Waals surface area contributed by atoms with Crippen LogP contribution in [-0.4, -0.2) is 16.3 Å². The molecule has 0 saturated heterocycles. The summed E-state index contributed by atoms with van der Waals surface area (Å²) < 4.78 is 2.01. The topological polar surface area (TPSA) is 29.9 Å². The SMILES string of the molecule is Cc1ccc(C(NCCCn2cccn2)C2CCCC2)cc1. The van der Waals surface area contributed by atoms with Gasteiger partial charge < -0.3 is 5.32 Å². The first-order chi connectivity index (χ1) is 10.8. The van der Waals surface area contributed by atoms with Crippen LogP contribution in [0.25, 0.3) is 0 Å². The molecule has 1 N–H and O–H groups in total. The Balaban J connectivity index is 1.57. The molecule has 0 radical (unpaired) electrons. The maximum absolute atomic E-state index is 4.27. The zero-order valence-electron chi connectivity index (χ0n) is 13.5. The van der Waals surface area contributed by atoms with Gasteiger partial charge in [-0.2, -0.15) is 5.10 Å². The van der Waals surface area contributed by atoms with Crippen LogP contribution in [0.3, 0.4) is 0 Å². The summed E-state index contributed by atoms with van der Waals surface area (Å²) in [5, 5.41) is 8.09. The van der Waals surface area contributed by atoms with Gasteiger partial charge >= 0.3 is 0 Å². The minimum atomic E-state index is 0.515. The molecule has 1 aromatic carbocycles. The highest BCUT2D eigenvalue weighted by Gasteiger charge is 2.25. The number of aromatic nitrogens is 2. The van der Waals surface area contributed by atoms with Crippen molar-refractivity contribution in [3.05, 3.63) is 53.9 Å². The molecule has 1 saturated carbocycles. The van der Waals surface area contributed by atoms with Crippen molar-refractivity contribution in [1.82, 2.24) is 15.1 Å². The van der Waals surface area contributed by atoms with E-state index in [0.717, 1.165) is 25.4 Å². The molecule has 1 heterocycles. The van der Waals surface area contributed by atoms with E-state index in [2.05, 4.69) is 41.6 Å². The molecule has 3 nitrogen and oxygen atoms in total. The van der Waals surface area contributed by atoms with Crippen molar-refractivity contribution < 1.29 is 0 Å². The molecule has 1 unspecified atom stereocenters. The van der Waals surface area contributed by atoms with Gasteiger partial charge in [-0.15, -0.1) is 0 Å². The van der Waals surface area contributed by atoms with Crippen molar-refractivity contribution in [2.75, 3.05) is 6.54 Å². The van der Waals surface area contributed by atoms with Crippen molar-refractivity contribution in [2.24, 2.45) is 5.92 Å². The van der Waals surface area contributed by atoms with Gasteiger partial charge in [0.2, 0.25) is 0 Å². The fraction of sp³-hybridized carbons (Fsp3) is 0.526. The summed E-state index contributed by atoms with van der Waals surface area (Å²) >= 11 is 0. The number of aryl methyl sites for hydroxylation is 2. The first-order valence-corrected chi connectivity index (χ1v) is 8.60. The summed E-state index contributed by atoms with van der Waals surface area (Å²) in [7, 11) is 0. The Hall–Kier alpha value is -1.61. The van der Waals surface area contributed by atoms with Gasteiger partial charge in [0.1, 0.15) is 0 Å². The molecule has 1 fully saturated rings. The Labute approximate surface area is 133 Å². The van der Waals surface area contributed by atoms with Crippen LogP contribution in [0.1, 0.15) is 49.3 Å². The Kier molecular flexibility index (Phi) is 5.28. The van der Waals surface area contributed by atoms with E-state index in [0.29, 0.717) is 6.04 Å². The number of rotatable bonds is 7. The lowest BCUT2D eigenvalue weighted by atomic mass is 9.91. The third-order valence-electron chi connectivity index (χ3n) is 4.80. The van der Waals surface area contributed by atoms with Crippen LogP contribution < -0.4 is 5.32 Å². The van der Waals surface area contributed by atoms with Crippen molar-refractivity contribution in [3.8, 4) is 0 Å². The molecule has 1 atom stereocenters. The van der Waals surface area contributed by atoms with Crippen molar-refractivity contribution >= 4 is 0 Å². The number of nitrogens with one attached hydrogen (secondary N) is 1. The summed E-state index contributed by atoms with van der Waals surface area (Å²) in [6.45, 7) is 4.20. The second kappa shape index (κ2) is 7.59. The smallest absolute Gasteiger partial charge is 0.0489 e. The molecule has 0 aliphatic heterocycles. The number of nitrogens with zero attached hydrogens (tertiary/aromatic N) is 2. The molecule has 0 amide bonds. The highest BCUT2D eigenvalue weighted by molar-refractivity contribution is 5.24. The van der Waals surface area contributed by atoms with Gasteiger partial charge in [0.15, 0.2) is 0 Å². The second-order valence-electron chi connectivity index (χ2n) is 6.51. The highest BCUT2D eigenvalue weighted by Crippen LogP contribution is 2.35. The Morgan fingerprint density at radius 2 is 2.00 bits per heavy atom. The summed E-state index contributed by atoms with van der Waals surface area (Å²) in [5.41, 5.74) is 2.80.